The first-order valence-corrected chi connectivity index (χ1v) is 14.1. The van der Waals surface area contributed by atoms with E-state index in [1.54, 1.807) is 0 Å². The molecule has 0 spiro atoms. The highest BCUT2D eigenvalue weighted by Gasteiger charge is 2.48. The lowest BCUT2D eigenvalue weighted by atomic mass is 9.73. The lowest BCUT2D eigenvalue weighted by Crippen LogP contribution is -2.44. The maximum absolute atomic E-state index is 14.5. The number of carbonyl (C=O) groups excluding carboxylic acids is 1. The van der Waals surface area contributed by atoms with E-state index in [2.05, 4.69) is 53.8 Å². The number of halogens is 1. The molecular formula is C36H30ClNO2. The lowest BCUT2D eigenvalue weighted by Gasteiger charge is -2.31. The van der Waals surface area contributed by atoms with Gasteiger partial charge in [-0.05, 0) is 71.3 Å². The Morgan fingerprint density at radius 2 is 1.30 bits per heavy atom. The summed E-state index contributed by atoms with van der Waals surface area (Å²) in [5, 5.41) is 3.83. The predicted octanol–water partition coefficient (Wildman–Crippen LogP) is 8.74. The van der Waals surface area contributed by atoms with Crippen LogP contribution in [-0.2, 0) is 23.2 Å². The molecule has 0 atom stereocenters. The van der Waals surface area contributed by atoms with Crippen LogP contribution in [0.2, 0.25) is 5.02 Å². The van der Waals surface area contributed by atoms with E-state index in [1.807, 2.05) is 78.9 Å². The molecule has 0 unspecified atom stereocenters. The molecule has 5 aromatic rings. The van der Waals surface area contributed by atoms with Crippen molar-refractivity contribution in [1.29, 1.82) is 0 Å². The summed E-state index contributed by atoms with van der Waals surface area (Å²) in [4.78, 5) is 14.5. The normalized spacial score (nSPS) is 12.8. The van der Waals surface area contributed by atoms with Crippen molar-refractivity contribution in [2.45, 2.75) is 31.2 Å². The van der Waals surface area contributed by atoms with Crippen molar-refractivity contribution in [1.82, 2.24) is 5.32 Å². The Kier molecular flexibility index (Phi) is 7.39. The van der Waals surface area contributed by atoms with E-state index in [0.29, 0.717) is 22.9 Å². The van der Waals surface area contributed by atoms with E-state index in [1.165, 1.54) is 5.56 Å². The highest BCUT2D eigenvalue weighted by atomic mass is 35.5. The van der Waals surface area contributed by atoms with Crippen molar-refractivity contribution >= 4 is 17.5 Å². The first-order chi connectivity index (χ1) is 19.7. The predicted molar refractivity (Wildman–Crippen MR) is 162 cm³/mol. The van der Waals surface area contributed by atoms with Crippen LogP contribution in [0.3, 0.4) is 0 Å². The van der Waals surface area contributed by atoms with Crippen molar-refractivity contribution in [3.63, 3.8) is 0 Å². The Bertz CT molecular complexity index is 1590. The minimum Gasteiger partial charge on any atom is -0.457 e. The third-order valence-electron chi connectivity index (χ3n) is 7.78. The zero-order chi connectivity index (χ0) is 27.4. The summed E-state index contributed by atoms with van der Waals surface area (Å²) in [6, 6.07) is 42.3. The fourth-order valence-corrected chi connectivity index (χ4v) is 6.13. The quantitative estimate of drug-likeness (QED) is 0.202. The molecule has 3 nitrogen and oxygen atoms in total. The first kappa shape index (κ1) is 25.9. The first-order valence-electron chi connectivity index (χ1n) is 13.7. The van der Waals surface area contributed by atoms with E-state index >= 15 is 0 Å². The molecular weight excluding hydrogens is 514 g/mol. The maximum atomic E-state index is 14.5. The molecule has 1 aliphatic carbocycles. The standard InChI is InChI=1S/C36H30ClNO2/c37-33-22-11-23-34(40-27-16-5-2-6-17-27)30(33)25-38-35(39)36(24-12-15-26-13-3-1-4-14-26)31-20-9-7-18-28(31)29-19-8-10-21-32(29)36/h1-11,13-14,16-23H,12,15,24-25H2,(H,38,39). The summed E-state index contributed by atoms with van der Waals surface area (Å²) in [6.07, 6.45) is 2.46. The second kappa shape index (κ2) is 11.4. The molecule has 0 saturated carbocycles. The molecule has 40 heavy (non-hydrogen) atoms. The van der Waals surface area contributed by atoms with Gasteiger partial charge in [-0.2, -0.15) is 0 Å². The number of aryl methyl sites for hydroxylation is 1. The smallest absolute Gasteiger partial charge is 0.235 e. The van der Waals surface area contributed by atoms with Gasteiger partial charge in [0.05, 0.1) is 0 Å². The molecule has 0 saturated heterocycles. The summed E-state index contributed by atoms with van der Waals surface area (Å²) >= 11 is 6.66. The van der Waals surface area contributed by atoms with Crippen LogP contribution in [0.25, 0.3) is 11.1 Å². The van der Waals surface area contributed by atoms with E-state index in [4.69, 9.17) is 16.3 Å². The van der Waals surface area contributed by atoms with E-state index in [0.717, 1.165) is 40.7 Å². The molecule has 1 aliphatic rings. The van der Waals surface area contributed by atoms with Gasteiger partial charge < -0.3 is 10.1 Å². The molecule has 0 heterocycles. The molecule has 1 amide bonds. The van der Waals surface area contributed by atoms with Crippen LogP contribution in [0, 0.1) is 0 Å². The average molecular weight is 544 g/mol. The minimum atomic E-state index is -0.802. The fraction of sp³-hybridized carbons (Fsp3) is 0.139. The lowest BCUT2D eigenvalue weighted by molar-refractivity contribution is -0.125. The number of rotatable bonds is 9. The molecule has 1 N–H and O–H groups in total. The largest absolute Gasteiger partial charge is 0.457 e. The molecule has 0 fully saturated rings. The van der Waals surface area contributed by atoms with Crippen molar-refractivity contribution in [3.8, 4) is 22.6 Å². The fourth-order valence-electron chi connectivity index (χ4n) is 5.90. The van der Waals surface area contributed by atoms with Gasteiger partial charge in [0, 0.05) is 17.1 Å². The summed E-state index contributed by atoms with van der Waals surface area (Å²) in [7, 11) is 0. The summed E-state index contributed by atoms with van der Waals surface area (Å²) < 4.78 is 6.16. The summed E-state index contributed by atoms with van der Waals surface area (Å²) in [5.41, 5.74) is 5.58. The third kappa shape index (κ3) is 4.89. The monoisotopic (exact) mass is 543 g/mol. The zero-order valence-corrected chi connectivity index (χ0v) is 22.9. The number of hydrogen-bond acceptors (Lipinski definition) is 2. The van der Waals surface area contributed by atoms with Gasteiger partial charge in [0.1, 0.15) is 16.9 Å². The maximum Gasteiger partial charge on any atom is 0.235 e. The average Bonchev–Trinajstić information content (AvgIpc) is 3.29. The molecule has 6 rings (SSSR count). The van der Waals surface area contributed by atoms with Crippen LogP contribution in [0.4, 0.5) is 0 Å². The van der Waals surface area contributed by atoms with Gasteiger partial charge in [0.15, 0.2) is 0 Å². The van der Waals surface area contributed by atoms with E-state index in [-0.39, 0.29) is 12.5 Å². The highest BCUT2D eigenvalue weighted by molar-refractivity contribution is 6.31. The molecule has 5 aromatic carbocycles. The van der Waals surface area contributed by atoms with Crippen molar-refractivity contribution in [2.24, 2.45) is 0 Å². The number of benzene rings is 5. The molecule has 0 radical (unpaired) electrons. The van der Waals surface area contributed by atoms with Crippen molar-refractivity contribution < 1.29 is 9.53 Å². The van der Waals surface area contributed by atoms with Crippen LogP contribution < -0.4 is 10.1 Å². The van der Waals surface area contributed by atoms with Crippen LogP contribution in [0.1, 0.15) is 35.1 Å². The number of para-hydroxylation sites is 1. The van der Waals surface area contributed by atoms with Gasteiger partial charge in [-0.3, -0.25) is 4.79 Å². The highest BCUT2D eigenvalue weighted by Crippen LogP contribution is 2.51. The summed E-state index contributed by atoms with van der Waals surface area (Å²) in [5.74, 6) is 1.32. The Labute approximate surface area is 240 Å². The van der Waals surface area contributed by atoms with Crippen LogP contribution in [0.5, 0.6) is 11.5 Å². The van der Waals surface area contributed by atoms with Crippen LogP contribution in [-0.4, -0.2) is 5.91 Å². The Hall–Kier alpha value is -4.34. The van der Waals surface area contributed by atoms with E-state index < -0.39 is 5.41 Å². The topological polar surface area (TPSA) is 38.3 Å². The van der Waals surface area contributed by atoms with Crippen LogP contribution in [0.15, 0.2) is 127 Å². The number of carbonyl (C=O) groups is 1. The molecule has 0 aliphatic heterocycles. The summed E-state index contributed by atoms with van der Waals surface area (Å²) in [6.45, 7) is 0.255. The van der Waals surface area contributed by atoms with E-state index in [9.17, 15) is 4.79 Å². The van der Waals surface area contributed by atoms with Gasteiger partial charge in [-0.15, -0.1) is 0 Å². The second-order valence-electron chi connectivity index (χ2n) is 10.1. The van der Waals surface area contributed by atoms with Crippen molar-refractivity contribution in [2.75, 3.05) is 0 Å². The number of amides is 1. The number of ether oxygens (including phenoxy) is 1. The Morgan fingerprint density at radius 3 is 1.98 bits per heavy atom. The SMILES string of the molecule is O=C(NCc1c(Cl)cccc1Oc1ccccc1)C1(CCCc2ccccc2)c2ccccc2-c2ccccc21. The molecule has 4 heteroatoms. The van der Waals surface area contributed by atoms with Gasteiger partial charge in [-0.1, -0.05) is 115 Å². The Balaban J connectivity index is 1.33. The van der Waals surface area contributed by atoms with Crippen LogP contribution >= 0.6 is 11.6 Å². The van der Waals surface area contributed by atoms with Gasteiger partial charge >= 0.3 is 0 Å². The zero-order valence-electron chi connectivity index (χ0n) is 22.1. The molecule has 0 bridgehead atoms. The molecule has 0 aromatic heterocycles. The Morgan fingerprint density at radius 1 is 0.700 bits per heavy atom. The van der Waals surface area contributed by atoms with Gasteiger partial charge in [0.25, 0.3) is 0 Å². The number of nitrogens with one attached hydrogen (secondary N) is 1. The van der Waals surface area contributed by atoms with Gasteiger partial charge in [0.2, 0.25) is 5.91 Å². The van der Waals surface area contributed by atoms with Crippen molar-refractivity contribution in [3.05, 3.63) is 155 Å². The number of hydrogen-bond donors (Lipinski definition) is 1. The number of fused-ring (bicyclic) bond motifs is 3. The third-order valence-corrected chi connectivity index (χ3v) is 8.14. The minimum absolute atomic E-state index is 0.0245. The second-order valence-corrected chi connectivity index (χ2v) is 10.6. The van der Waals surface area contributed by atoms with Gasteiger partial charge in [-0.25, -0.2) is 0 Å². The molecule has 198 valence electrons.